The fraction of sp³-hybridized carbons (Fsp3) is 0.429. The lowest BCUT2D eigenvalue weighted by Crippen LogP contribution is -2.37. The highest BCUT2D eigenvalue weighted by Crippen LogP contribution is 2.25. The Balaban J connectivity index is 1.27. The SMILES string of the molecule is O=C(NCc1cccc(CN2CCOCC2)c1)c1ccc2c(c1)CNCCCCCCCN2C(=O)COc1ccccc1. The van der Waals surface area contributed by atoms with E-state index in [0.29, 0.717) is 30.9 Å². The second-order valence-corrected chi connectivity index (χ2v) is 11.3. The monoisotopic (exact) mass is 584 g/mol. The van der Waals surface area contributed by atoms with Gasteiger partial charge in [0.15, 0.2) is 6.61 Å². The van der Waals surface area contributed by atoms with Crippen LogP contribution in [0.5, 0.6) is 5.75 Å². The number of carbonyl (C=O) groups excluding carboxylic acids is 2. The summed E-state index contributed by atoms with van der Waals surface area (Å²) < 4.78 is 11.3. The summed E-state index contributed by atoms with van der Waals surface area (Å²) in [5, 5.41) is 6.63. The number of carbonyl (C=O) groups is 2. The average Bonchev–Trinajstić information content (AvgIpc) is 3.04. The Hall–Kier alpha value is -3.72. The Kier molecular flexibility index (Phi) is 11.6. The number of rotatable bonds is 8. The number of fused-ring (bicyclic) bond motifs is 1. The molecule has 2 aliphatic rings. The Morgan fingerprint density at radius 3 is 2.49 bits per heavy atom. The van der Waals surface area contributed by atoms with Crippen LogP contribution in [0.2, 0.25) is 0 Å². The lowest BCUT2D eigenvalue weighted by atomic mass is 10.0. The molecule has 0 spiro atoms. The maximum absolute atomic E-state index is 13.5. The van der Waals surface area contributed by atoms with Gasteiger partial charge in [0.1, 0.15) is 5.75 Å². The number of hydrogen-bond donors (Lipinski definition) is 2. The first-order chi connectivity index (χ1) is 21.2. The molecule has 2 heterocycles. The molecule has 43 heavy (non-hydrogen) atoms. The second kappa shape index (κ2) is 16.2. The molecule has 228 valence electrons. The molecule has 3 aromatic carbocycles. The zero-order valence-electron chi connectivity index (χ0n) is 25.1. The lowest BCUT2D eigenvalue weighted by molar-refractivity contribution is -0.120. The summed E-state index contributed by atoms with van der Waals surface area (Å²) in [6.45, 7) is 6.85. The summed E-state index contributed by atoms with van der Waals surface area (Å²) in [5.74, 6) is 0.458. The van der Waals surface area contributed by atoms with Crippen LogP contribution in [0.15, 0.2) is 72.8 Å². The molecule has 5 rings (SSSR count). The Morgan fingerprint density at radius 1 is 0.837 bits per heavy atom. The van der Waals surface area contributed by atoms with Crippen molar-refractivity contribution in [3.63, 3.8) is 0 Å². The summed E-state index contributed by atoms with van der Waals surface area (Å²) >= 11 is 0. The van der Waals surface area contributed by atoms with Gasteiger partial charge in [-0.2, -0.15) is 0 Å². The summed E-state index contributed by atoms with van der Waals surface area (Å²) in [5.41, 5.74) is 4.67. The van der Waals surface area contributed by atoms with Gasteiger partial charge in [0.05, 0.1) is 13.2 Å². The maximum atomic E-state index is 13.5. The minimum atomic E-state index is -0.127. The molecule has 0 atom stereocenters. The molecule has 0 saturated carbocycles. The quantitative estimate of drug-likeness (QED) is 0.392. The van der Waals surface area contributed by atoms with Gasteiger partial charge in [0.2, 0.25) is 0 Å². The third kappa shape index (κ3) is 9.38. The van der Waals surface area contributed by atoms with E-state index in [1.54, 1.807) is 0 Å². The number of amides is 2. The molecular weight excluding hydrogens is 540 g/mol. The maximum Gasteiger partial charge on any atom is 0.264 e. The van der Waals surface area contributed by atoms with Gasteiger partial charge in [-0.15, -0.1) is 0 Å². The van der Waals surface area contributed by atoms with Crippen LogP contribution in [-0.4, -0.2) is 62.7 Å². The third-order valence-electron chi connectivity index (χ3n) is 8.04. The number of anilines is 1. The number of benzene rings is 3. The van der Waals surface area contributed by atoms with E-state index in [-0.39, 0.29) is 18.4 Å². The van der Waals surface area contributed by atoms with Crippen molar-refractivity contribution in [1.29, 1.82) is 0 Å². The molecule has 1 saturated heterocycles. The van der Waals surface area contributed by atoms with Crippen LogP contribution in [0.1, 0.15) is 59.2 Å². The normalized spacial score (nSPS) is 16.8. The van der Waals surface area contributed by atoms with Gasteiger partial charge in [-0.1, -0.05) is 61.7 Å². The molecule has 1 fully saturated rings. The number of para-hydroxylation sites is 1. The van der Waals surface area contributed by atoms with Crippen LogP contribution >= 0.6 is 0 Å². The Morgan fingerprint density at radius 2 is 1.63 bits per heavy atom. The third-order valence-corrected chi connectivity index (χ3v) is 8.04. The fourth-order valence-corrected chi connectivity index (χ4v) is 5.66. The Labute approximate surface area is 255 Å². The van der Waals surface area contributed by atoms with Crippen molar-refractivity contribution in [2.24, 2.45) is 0 Å². The highest BCUT2D eigenvalue weighted by Gasteiger charge is 2.21. The van der Waals surface area contributed by atoms with Crippen molar-refractivity contribution < 1.29 is 19.1 Å². The zero-order valence-corrected chi connectivity index (χ0v) is 25.1. The molecule has 3 aromatic rings. The highest BCUT2D eigenvalue weighted by atomic mass is 16.5. The predicted octanol–water partition coefficient (Wildman–Crippen LogP) is 4.91. The second-order valence-electron chi connectivity index (χ2n) is 11.3. The highest BCUT2D eigenvalue weighted by molar-refractivity contribution is 5.98. The molecule has 8 heteroatoms. The van der Waals surface area contributed by atoms with E-state index in [9.17, 15) is 9.59 Å². The van der Waals surface area contributed by atoms with Crippen LogP contribution in [-0.2, 0) is 29.2 Å². The molecule has 0 aromatic heterocycles. The smallest absolute Gasteiger partial charge is 0.264 e. The van der Waals surface area contributed by atoms with Gasteiger partial charge >= 0.3 is 0 Å². The van der Waals surface area contributed by atoms with Gasteiger partial charge in [0, 0.05) is 50.5 Å². The molecule has 2 amide bonds. The van der Waals surface area contributed by atoms with Crippen molar-refractivity contribution in [1.82, 2.24) is 15.5 Å². The minimum Gasteiger partial charge on any atom is -0.484 e. The van der Waals surface area contributed by atoms with E-state index in [1.165, 1.54) is 12.0 Å². The summed E-state index contributed by atoms with van der Waals surface area (Å²) in [6, 6.07) is 23.5. The average molecular weight is 585 g/mol. The summed E-state index contributed by atoms with van der Waals surface area (Å²) in [6.07, 6.45) is 5.45. The molecule has 2 N–H and O–H groups in total. The first kappa shape index (κ1) is 30.7. The van der Waals surface area contributed by atoms with Crippen molar-refractivity contribution in [3.05, 3.63) is 95.1 Å². The number of nitrogens with zero attached hydrogens (tertiary/aromatic N) is 2. The topological polar surface area (TPSA) is 83.1 Å². The first-order valence-electron chi connectivity index (χ1n) is 15.6. The van der Waals surface area contributed by atoms with Gasteiger partial charge in [-0.05, 0) is 66.4 Å². The van der Waals surface area contributed by atoms with Crippen LogP contribution in [0, 0.1) is 0 Å². The van der Waals surface area contributed by atoms with Gasteiger partial charge < -0.3 is 25.0 Å². The van der Waals surface area contributed by atoms with E-state index in [4.69, 9.17) is 9.47 Å². The van der Waals surface area contributed by atoms with E-state index in [1.807, 2.05) is 59.5 Å². The van der Waals surface area contributed by atoms with Crippen LogP contribution in [0.4, 0.5) is 5.69 Å². The molecular formula is C35H44N4O4. The van der Waals surface area contributed by atoms with Crippen LogP contribution < -0.4 is 20.3 Å². The molecule has 0 bridgehead atoms. The number of ether oxygens (including phenoxy) is 2. The summed E-state index contributed by atoms with van der Waals surface area (Å²) in [7, 11) is 0. The molecule has 0 radical (unpaired) electrons. The fourth-order valence-electron chi connectivity index (χ4n) is 5.66. The lowest BCUT2D eigenvalue weighted by Gasteiger charge is -2.27. The van der Waals surface area contributed by atoms with E-state index >= 15 is 0 Å². The van der Waals surface area contributed by atoms with Crippen LogP contribution in [0.25, 0.3) is 0 Å². The van der Waals surface area contributed by atoms with Crippen LogP contribution in [0.3, 0.4) is 0 Å². The van der Waals surface area contributed by atoms with E-state index in [0.717, 1.165) is 81.9 Å². The van der Waals surface area contributed by atoms with E-state index < -0.39 is 0 Å². The standard InChI is InChI=1S/C35H44N4O4/c40-34(27-43-32-12-5-4-6-13-32)39-17-8-3-1-2-7-16-36-25-31-23-30(14-15-33(31)39)35(41)37-24-28-10-9-11-29(22-28)26-38-18-20-42-21-19-38/h4-6,9-15,22-23,36H,1-3,7-8,16-21,24-27H2,(H,37,41). The molecule has 0 unspecified atom stereocenters. The number of nitrogens with one attached hydrogen (secondary N) is 2. The van der Waals surface area contributed by atoms with E-state index in [2.05, 4.69) is 33.7 Å². The molecule has 2 aliphatic heterocycles. The number of morpholine rings is 1. The van der Waals surface area contributed by atoms with Gasteiger partial charge in [0.25, 0.3) is 11.8 Å². The number of hydrogen-bond acceptors (Lipinski definition) is 6. The first-order valence-corrected chi connectivity index (χ1v) is 15.6. The predicted molar refractivity (Wildman–Crippen MR) is 169 cm³/mol. The minimum absolute atomic E-state index is 0.0380. The van der Waals surface area contributed by atoms with Crippen molar-refractivity contribution in [2.75, 3.05) is 50.9 Å². The largest absolute Gasteiger partial charge is 0.484 e. The zero-order chi connectivity index (χ0) is 29.7. The van der Waals surface area contributed by atoms with Gasteiger partial charge in [-0.3, -0.25) is 14.5 Å². The Bertz CT molecular complexity index is 1330. The van der Waals surface area contributed by atoms with Crippen molar-refractivity contribution >= 4 is 17.5 Å². The van der Waals surface area contributed by atoms with Crippen molar-refractivity contribution in [2.45, 2.75) is 51.7 Å². The molecule has 0 aliphatic carbocycles. The molecule has 8 nitrogen and oxygen atoms in total. The summed E-state index contributed by atoms with van der Waals surface area (Å²) in [4.78, 5) is 31.0. The van der Waals surface area contributed by atoms with Gasteiger partial charge in [-0.25, -0.2) is 0 Å². The van der Waals surface area contributed by atoms with Crippen molar-refractivity contribution in [3.8, 4) is 5.75 Å².